The van der Waals surface area contributed by atoms with E-state index in [1.54, 1.807) is 6.07 Å². The Morgan fingerprint density at radius 3 is 2.59 bits per heavy atom. The fourth-order valence-corrected chi connectivity index (χ4v) is 2.13. The number of amides is 1. The fourth-order valence-electron chi connectivity index (χ4n) is 1.88. The van der Waals surface area contributed by atoms with E-state index in [0.29, 0.717) is 10.6 Å². The summed E-state index contributed by atoms with van der Waals surface area (Å²) >= 11 is 6.06. The number of hydrogen-bond donors (Lipinski definition) is 1. The van der Waals surface area contributed by atoms with Crippen LogP contribution >= 0.6 is 11.6 Å². The van der Waals surface area contributed by atoms with E-state index in [9.17, 15) is 4.79 Å². The minimum absolute atomic E-state index is 0.0281. The molecule has 90 valence electrons. The third kappa shape index (κ3) is 2.68. The predicted molar refractivity (Wildman–Crippen MR) is 69.9 cm³/mol. The molecule has 1 N–H and O–H groups in total. The summed E-state index contributed by atoms with van der Waals surface area (Å²) in [7, 11) is 0. The fraction of sp³-hybridized carbons (Fsp3) is 0.308. The molecule has 1 aliphatic rings. The summed E-state index contributed by atoms with van der Waals surface area (Å²) in [5.74, 6) is -0.0281. The molecule has 0 aliphatic carbocycles. The lowest BCUT2D eigenvalue weighted by Crippen LogP contribution is -2.46. The molecule has 1 aromatic rings. The maximum Gasteiger partial charge on any atom is 0.253 e. The monoisotopic (exact) mass is 250 g/mol. The van der Waals surface area contributed by atoms with E-state index < -0.39 is 0 Å². The second-order valence-corrected chi connectivity index (χ2v) is 4.41. The van der Waals surface area contributed by atoms with Crippen LogP contribution in [-0.2, 0) is 4.79 Å². The van der Waals surface area contributed by atoms with Crippen molar-refractivity contribution in [2.45, 2.75) is 0 Å². The maximum atomic E-state index is 12.2. The molecule has 1 heterocycles. The molecule has 17 heavy (non-hydrogen) atoms. The highest BCUT2D eigenvalue weighted by molar-refractivity contribution is 6.34. The van der Waals surface area contributed by atoms with Crippen molar-refractivity contribution in [1.29, 1.82) is 0 Å². The van der Waals surface area contributed by atoms with Gasteiger partial charge >= 0.3 is 0 Å². The predicted octanol–water partition coefficient (Wildman–Crippen LogP) is 1.78. The van der Waals surface area contributed by atoms with Gasteiger partial charge in [0.05, 0.1) is 0 Å². The van der Waals surface area contributed by atoms with Crippen molar-refractivity contribution in [2.75, 3.05) is 26.2 Å². The summed E-state index contributed by atoms with van der Waals surface area (Å²) in [4.78, 5) is 14.0. The summed E-state index contributed by atoms with van der Waals surface area (Å²) in [5.41, 5.74) is 1.19. The van der Waals surface area contributed by atoms with E-state index in [4.69, 9.17) is 11.6 Å². The van der Waals surface area contributed by atoms with Crippen LogP contribution in [0.15, 0.2) is 30.8 Å². The van der Waals surface area contributed by atoms with Crippen LogP contribution in [0.25, 0.3) is 5.57 Å². The standard InChI is InChI=1S/C13H15ClN2O/c1-10(11-4-2-3-5-12(11)14)13(17)16-8-6-15-7-9-16/h2-5,15H,1,6-9H2. The van der Waals surface area contributed by atoms with Gasteiger partial charge in [-0.1, -0.05) is 36.4 Å². The lowest BCUT2D eigenvalue weighted by Gasteiger charge is -2.28. The summed E-state index contributed by atoms with van der Waals surface area (Å²) in [6.45, 7) is 6.98. The number of carbonyl (C=O) groups is 1. The second kappa shape index (κ2) is 5.34. The van der Waals surface area contributed by atoms with E-state index in [2.05, 4.69) is 11.9 Å². The van der Waals surface area contributed by atoms with Crippen LogP contribution in [0.1, 0.15) is 5.56 Å². The molecule has 0 unspecified atom stereocenters. The summed E-state index contributed by atoms with van der Waals surface area (Å²) < 4.78 is 0. The Labute approximate surface area is 106 Å². The van der Waals surface area contributed by atoms with Gasteiger partial charge in [0.25, 0.3) is 5.91 Å². The van der Waals surface area contributed by atoms with Crippen LogP contribution in [-0.4, -0.2) is 37.0 Å². The molecule has 1 aliphatic heterocycles. The highest BCUT2D eigenvalue weighted by atomic mass is 35.5. The summed E-state index contributed by atoms with van der Waals surface area (Å²) in [5, 5.41) is 3.78. The molecule has 3 nitrogen and oxygen atoms in total. The number of hydrogen-bond acceptors (Lipinski definition) is 2. The first-order valence-electron chi connectivity index (χ1n) is 5.64. The first kappa shape index (κ1) is 12.1. The second-order valence-electron chi connectivity index (χ2n) is 4.00. The largest absolute Gasteiger partial charge is 0.336 e. The molecule has 1 saturated heterocycles. The molecule has 0 atom stereocenters. The van der Waals surface area contributed by atoms with E-state index in [1.807, 2.05) is 23.1 Å². The van der Waals surface area contributed by atoms with E-state index >= 15 is 0 Å². The van der Waals surface area contributed by atoms with Gasteiger partial charge in [0.15, 0.2) is 0 Å². The van der Waals surface area contributed by atoms with Gasteiger partial charge in [-0.2, -0.15) is 0 Å². The molecule has 0 aromatic heterocycles. The van der Waals surface area contributed by atoms with Crippen molar-refractivity contribution < 1.29 is 4.79 Å². The van der Waals surface area contributed by atoms with Crippen LogP contribution < -0.4 is 5.32 Å². The van der Waals surface area contributed by atoms with E-state index in [-0.39, 0.29) is 5.91 Å². The molecule has 1 fully saturated rings. The van der Waals surface area contributed by atoms with Crippen LogP contribution in [0.3, 0.4) is 0 Å². The normalized spacial score (nSPS) is 15.7. The Balaban J connectivity index is 2.14. The average Bonchev–Trinajstić information content (AvgIpc) is 2.39. The topological polar surface area (TPSA) is 32.3 Å². The molecule has 0 radical (unpaired) electrons. The Morgan fingerprint density at radius 2 is 1.94 bits per heavy atom. The number of rotatable bonds is 2. The molecular formula is C13H15ClN2O. The van der Waals surface area contributed by atoms with Crippen molar-refractivity contribution in [3.05, 3.63) is 41.4 Å². The number of halogens is 1. The van der Waals surface area contributed by atoms with Crippen LogP contribution in [0, 0.1) is 0 Å². The molecule has 0 bridgehead atoms. The van der Waals surface area contributed by atoms with Gasteiger partial charge in [-0.05, 0) is 6.07 Å². The number of nitrogens with one attached hydrogen (secondary N) is 1. The summed E-state index contributed by atoms with van der Waals surface area (Å²) in [6.07, 6.45) is 0. The zero-order valence-electron chi connectivity index (χ0n) is 9.58. The third-order valence-corrected chi connectivity index (χ3v) is 3.19. The van der Waals surface area contributed by atoms with Gasteiger partial charge < -0.3 is 10.2 Å². The number of piperazine rings is 1. The zero-order chi connectivity index (χ0) is 12.3. The van der Waals surface area contributed by atoms with E-state index in [1.165, 1.54) is 0 Å². The van der Waals surface area contributed by atoms with E-state index in [0.717, 1.165) is 31.7 Å². The van der Waals surface area contributed by atoms with Gasteiger partial charge in [0, 0.05) is 42.3 Å². The number of benzene rings is 1. The Kier molecular flexibility index (Phi) is 3.82. The zero-order valence-corrected chi connectivity index (χ0v) is 10.3. The Morgan fingerprint density at radius 1 is 1.29 bits per heavy atom. The highest BCUT2D eigenvalue weighted by Gasteiger charge is 2.20. The number of nitrogens with zero attached hydrogens (tertiary/aromatic N) is 1. The Bertz CT molecular complexity index is 439. The van der Waals surface area contributed by atoms with Gasteiger partial charge in [-0.3, -0.25) is 4.79 Å². The molecule has 0 saturated carbocycles. The quantitative estimate of drug-likeness (QED) is 0.812. The van der Waals surface area contributed by atoms with Crippen LogP contribution in [0.5, 0.6) is 0 Å². The third-order valence-electron chi connectivity index (χ3n) is 2.86. The van der Waals surface area contributed by atoms with Crippen LogP contribution in [0.2, 0.25) is 5.02 Å². The SMILES string of the molecule is C=C(C(=O)N1CCNCC1)c1ccccc1Cl. The smallest absolute Gasteiger partial charge is 0.253 e. The molecular weight excluding hydrogens is 236 g/mol. The molecule has 1 amide bonds. The van der Waals surface area contributed by atoms with Gasteiger partial charge in [0.1, 0.15) is 0 Å². The van der Waals surface area contributed by atoms with Gasteiger partial charge in [0.2, 0.25) is 0 Å². The van der Waals surface area contributed by atoms with Crippen molar-refractivity contribution >= 4 is 23.1 Å². The van der Waals surface area contributed by atoms with Crippen molar-refractivity contribution in [3.63, 3.8) is 0 Å². The first-order valence-corrected chi connectivity index (χ1v) is 6.02. The van der Waals surface area contributed by atoms with Gasteiger partial charge in [-0.15, -0.1) is 0 Å². The highest BCUT2D eigenvalue weighted by Crippen LogP contribution is 2.23. The first-order chi connectivity index (χ1) is 8.20. The molecule has 1 aromatic carbocycles. The van der Waals surface area contributed by atoms with Crippen molar-refractivity contribution in [3.8, 4) is 0 Å². The molecule has 0 spiro atoms. The Hall–Kier alpha value is -1.32. The summed E-state index contributed by atoms with van der Waals surface area (Å²) in [6, 6.07) is 7.30. The van der Waals surface area contributed by atoms with Crippen molar-refractivity contribution in [1.82, 2.24) is 10.2 Å². The average molecular weight is 251 g/mol. The minimum atomic E-state index is -0.0281. The van der Waals surface area contributed by atoms with Crippen LogP contribution in [0.4, 0.5) is 0 Å². The van der Waals surface area contributed by atoms with Gasteiger partial charge in [-0.25, -0.2) is 0 Å². The maximum absolute atomic E-state index is 12.2. The minimum Gasteiger partial charge on any atom is -0.336 e. The molecule has 4 heteroatoms. The van der Waals surface area contributed by atoms with Crippen molar-refractivity contribution in [2.24, 2.45) is 0 Å². The number of carbonyl (C=O) groups excluding carboxylic acids is 1. The lowest BCUT2D eigenvalue weighted by molar-refractivity contribution is -0.125. The molecule has 2 rings (SSSR count). The lowest BCUT2D eigenvalue weighted by atomic mass is 10.1.